The van der Waals surface area contributed by atoms with E-state index in [0.29, 0.717) is 6.42 Å². The number of halogens is 1. The lowest BCUT2D eigenvalue weighted by molar-refractivity contribution is -0.0768. The minimum Gasteiger partial charge on any atom is -0.390 e. The molecule has 1 heterocycles. The molecule has 0 aromatic heterocycles. The van der Waals surface area contributed by atoms with Gasteiger partial charge in [0.15, 0.2) is 0 Å². The molecule has 0 spiro atoms. The summed E-state index contributed by atoms with van der Waals surface area (Å²) in [6.45, 7) is 2.77. The molecule has 2 unspecified atom stereocenters. The van der Waals surface area contributed by atoms with E-state index in [9.17, 15) is 5.11 Å². The fraction of sp³-hybridized carbons (Fsp3) is 0.538. The minimum atomic E-state index is -0.427. The second-order valence-corrected chi connectivity index (χ2v) is 5.53. The van der Waals surface area contributed by atoms with Gasteiger partial charge >= 0.3 is 0 Å². The number of hydrogen-bond acceptors (Lipinski definition) is 2. The van der Waals surface area contributed by atoms with Crippen molar-refractivity contribution in [3.05, 3.63) is 34.3 Å². The van der Waals surface area contributed by atoms with E-state index < -0.39 is 6.10 Å². The molecule has 0 bridgehead atoms. The maximum atomic E-state index is 10.2. The molecule has 1 aromatic rings. The first-order valence-corrected chi connectivity index (χ1v) is 6.46. The molecule has 1 N–H and O–H groups in total. The molecule has 2 atom stereocenters. The zero-order valence-electron chi connectivity index (χ0n) is 9.45. The second kappa shape index (κ2) is 4.86. The molecular weight excluding hydrogens is 268 g/mol. The molecule has 1 aliphatic heterocycles. The molecule has 1 fully saturated rings. The highest BCUT2D eigenvalue weighted by molar-refractivity contribution is 9.10. The van der Waals surface area contributed by atoms with Crippen molar-refractivity contribution in [2.75, 3.05) is 6.61 Å². The standard InChI is InChI=1S/C13H17BrO2/c1-13(6-3-7-16-13)12(15)9-10-4-2-5-11(14)8-10/h2,4-5,8,12,15H,3,6-7,9H2,1H3. The average Bonchev–Trinajstić information content (AvgIpc) is 2.66. The third kappa shape index (κ3) is 2.65. The van der Waals surface area contributed by atoms with Crippen LogP contribution in [0.15, 0.2) is 28.7 Å². The highest BCUT2D eigenvalue weighted by atomic mass is 79.9. The number of rotatable bonds is 3. The quantitative estimate of drug-likeness (QED) is 0.925. The van der Waals surface area contributed by atoms with Crippen molar-refractivity contribution >= 4 is 15.9 Å². The molecule has 2 rings (SSSR count). The third-order valence-electron chi connectivity index (χ3n) is 3.27. The Morgan fingerprint density at radius 2 is 2.38 bits per heavy atom. The van der Waals surface area contributed by atoms with Gasteiger partial charge in [-0.15, -0.1) is 0 Å². The van der Waals surface area contributed by atoms with Gasteiger partial charge in [0, 0.05) is 17.5 Å². The van der Waals surface area contributed by atoms with E-state index in [1.165, 1.54) is 0 Å². The summed E-state index contributed by atoms with van der Waals surface area (Å²) in [7, 11) is 0. The van der Waals surface area contributed by atoms with Gasteiger partial charge in [0.25, 0.3) is 0 Å². The summed E-state index contributed by atoms with van der Waals surface area (Å²) in [4.78, 5) is 0. The van der Waals surface area contributed by atoms with Crippen LogP contribution in [0.4, 0.5) is 0 Å². The maximum absolute atomic E-state index is 10.2. The fourth-order valence-electron chi connectivity index (χ4n) is 2.17. The van der Waals surface area contributed by atoms with Crippen LogP contribution in [0.1, 0.15) is 25.3 Å². The average molecular weight is 285 g/mol. The second-order valence-electron chi connectivity index (χ2n) is 4.61. The maximum Gasteiger partial charge on any atom is 0.0916 e. The van der Waals surface area contributed by atoms with Crippen LogP contribution >= 0.6 is 15.9 Å². The van der Waals surface area contributed by atoms with Crippen molar-refractivity contribution in [3.8, 4) is 0 Å². The van der Waals surface area contributed by atoms with E-state index in [1.807, 2.05) is 31.2 Å². The molecule has 1 aromatic carbocycles. The van der Waals surface area contributed by atoms with Crippen LogP contribution in [-0.4, -0.2) is 23.4 Å². The molecule has 16 heavy (non-hydrogen) atoms. The predicted octanol–water partition coefficient (Wildman–Crippen LogP) is 2.92. The molecule has 0 aliphatic carbocycles. The van der Waals surface area contributed by atoms with Crippen molar-refractivity contribution in [2.24, 2.45) is 0 Å². The Morgan fingerprint density at radius 3 is 3.00 bits per heavy atom. The lowest BCUT2D eigenvalue weighted by atomic mass is 9.91. The smallest absolute Gasteiger partial charge is 0.0916 e. The molecule has 3 heteroatoms. The van der Waals surface area contributed by atoms with Crippen LogP contribution in [0, 0.1) is 0 Å². The summed E-state index contributed by atoms with van der Waals surface area (Å²) in [6, 6.07) is 8.06. The number of aliphatic hydroxyl groups is 1. The van der Waals surface area contributed by atoms with E-state index in [4.69, 9.17) is 4.74 Å². The molecule has 1 aliphatic rings. The van der Waals surface area contributed by atoms with Gasteiger partial charge in [0.2, 0.25) is 0 Å². The largest absolute Gasteiger partial charge is 0.390 e. The lowest BCUT2D eigenvalue weighted by Crippen LogP contribution is -2.40. The van der Waals surface area contributed by atoms with Crippen molar-refractivity contribution in [1.82, 2.24) is 0 Å². The van der Waals surface area contributed by atoms with E-state index in [2.05, 4.69) is 15.9 Å². The molecule has 0 saturated carbocycles. The summed E-state index contributed by atoms with van der Waals surface area (Å²) in [6.07, 6.45) is 2.22. The van der Waals surface area contributed by atoms with Gasteiger partial charge in [-0.25, -0.2) is 0 Å². The first-order chi connectivity index (χ1) is 7.60. The Bertz CT molecular complexity index is 359. The summed E-state index contributed by atoms with van der Waals surface area (Å²) in [5, 5.41) is 10.2. The van der Waals surface area contributed by atoms with Gasteiger partial charge in [-0.3, -0.25) is 0 Å². The van der Waals surface area contributed by atoms with Crippen molar-refractivity contribution in [2.45, 2.75) is 37.9 Å². The topological polar surface area (TPSA) is 29.5 Å². The highest BCUT2D eigenvalue weighted by Crippen LogP contribution is 2.30. The Kier molecular flexibility index (Phi) is 3.67. The van der Waals surface area contributed by atoms with E-state index >= 15 is 0 Å². The molecular formula is C13H17BrO2. The van der Waals surface area contributed by atoms with Crippen LogP contribution in [-0.2, 0) is 11.2 Å². The number of ether oxygens (including phenoxy) is 1. The number of benzene rings is 1. The Hall–Kier alpha value is -0.380. The van der Waals surface area contributed by atoms with Gasteiger partial charge < -0.3 is 9.84 Å². The van der Waals surface area contributed by atoms with Gasteiger partial charge in [0.1, 0.15) is 0 Å². The van der Waals surface area contributed by atoms with Crippen LogP contribution in [0.25, 0.3) is 0 Å². The van der Waals surface area contributed by atoms with Crippen molar-refractivity contribution < 1.29 is 9.84 Å². The summed E-state index contributed by atoms with van der Waals surface area (Å²) in [5.41, 5.74) is 0.779. The Morgan fingerprint density at radius 1 is 1.56 bits per heavy atom. The monoisotopic (exact) mass is 284 g/mol. The SMILES string of the molecule is CC1(C(O)Cc2cccc(Br)c2)CCCO1. The van der Waals surface area contributed by atoms with Gasteiger partial charge in [0.05, 0.1) is 11.7 Å². The van der Waals surface area contributed by atoms with Crippen molar-refractivity contribution in [3.63, 3.8) is 0 Å². The first-order valence-electron chi connectivity index (χ1n) is 5.67. The number of hydrogen-bond donors (Lipinski definition) is 1. The lowest BCUT2D eigenvalue weighted by Gasteiger charge is -2.29. The third-order valence-corrected chi connectivity index (χ3v) is 3.77. The number of aliphatic hydroxyl groups excluding tert-OH is 1. The summed E-state index contributed by atoms with van der Waals surface area (Å²) >= 11 is 3.44. The first kappa shape index (κ1) is 12.1. The molecule has 88 valence electrons. The van der Waals surface area contributed by atoms with Crippen LogP contribution in [0.5, 0.6) is 0 Å². The van der Waals surface area contributed by atoms with Gasteiger partial charge in [-0.1, -0.05) is 28.1 Å². The van der Waals surface area contributed by atoms with Crippen LogP contribution in [0.2, 0.25) is 0 Å². The zero-order chi connectivity index (χ0) is 11.6. The Balaban J connectivity index is 2.04. The molecule has 2 nitrogen and oxygen atoms in total. The Labute approximate surface area is 105 Å². The normalized spacial score (nSPS) is 26.9. The fourth-order valence-corrected chi connectivity index (χ4v) is 2.61. The van der Waals surface area contributed by atoms with E-state index in [1.54, 1.807) is 0 Å². The molecule has 0 amide bonds. The minimum absolute atomic E-state index is 0.359. The molecule has 1 saturated heterocycles. The predicted molar refractivity (Wildman–Crippen MR) is 67.4 cm³/mol. The van der Waals surface area contributed by atoms with Gasteiger partial charge in [-0.2, -0.15) is 0 Å². The zero-order valence-corrected chi connectivity index (χ0v) is 11.0. The van der Waals surface area contributed by atoms with Crippen molar-refractivity contribution in [1.29, 1.82) is 0 Å². The summed E-state index contributed by atoms with van der Waals surface area (Å²) < 4.78 is 6.69. The summed E-state index contributed by atoms with van der Waals surface area (Å²) in [5.74, 6) is 0. The van der Waals surface area contributed by atoms with Gasteiger partial charge in [-0.05, 0) is 37.5 Å². The molecule has 0 radical (unpaired) electrons. The van der Waals surface area contributed by atoms with Crippen LogP contribution < -0.4 is 0 Å². The van der Waals surface area contributed by atoms with Crippen LogP contribution in [0.3, 0.4) is 0 Å². The highest BCUT2D eigenvalue weighted by Gasteiger charge is 2.37. The van der Waals surface area contributed by atoms with E-state index in [0.717, 1.165) is 29.5 Å². The van der Waals surface area contributed by atoms with E-state index in [-0.39, 0.29) is 5.60 Å².